The van der Waals surface area contributed by atoms with E-state index in [0.717, 1.165) is 0 Å². The van der Waals surface area contributed by atoms with Crippen LogP contribution in [0.25, 0.3) is 22.3 Å². The standard InChI is InChI=1S/C14H8Cl2N2O2/c15-7-1-3-9-11(5-7)17-13(18-14(9)20)10-4-2-8(16)6-12(10)19/h1-6,19H,(H,17,18,20). The number of aromatic amines is 1. The van der Waals surface area contributed by atoms with Gasteiger partial charge in [-0.3, -0.25) is 4.79 Å². The Labute approximate surface area is 123 Å². The van der Waals surface area contributed by atoms with Crippen LogP contribution in [0.4, 0.5) is 0 Å². The molecule has 0 atom stereocenters. The van der Waals surface area contributed by atoms with Crippen LogP contribution in [0.15, 0.2) is 41.2 Å². The summed E-state index contributed by atoms with van der Waals surface area (Å²) in [5, 5.41) is 11.2. The van der Waals surface area contributed by atoms with Crippen LogP contribution in [0.1, 0.15) is 0 Å². The van der Waals surface area contributed by atoms with Gasteiger partial charge in [-0.15, -0.1) is 0 Å². The Morgan fingerprint density at radius 1 is 1.05 bits per heavy atom. The highest BCUT2D eigenvalue weighted by molar-refractivity contribution is 6.31. The molecule has 20 heavy (non-hydrogen) atoms. The molecule has 0 unspecified atom stereocenters. The Hall–Kier alpha value is -2.04. The molecule has 6 heteroatoms. The van der Waals surface area contributed by atoms with E-state index in [9.17, 15) is 9.90 Å². The van der Waals surface area contributed by atoms with Gasteiger partial charge in [0.2, 0.25) is 0 Å². The van der Waals surface area contributed by atoms with Gasteiger partial charge >= 0.3 is 0 Å². The van der Waals surface area contributed by atoms with Crippen molar-refractivity contribution in [2.45, 2.75) is 0 Å². The fourth-order valence-corrected chi connectivity index (χ4v) is 2.28. The highest BCUT2D eigenvalue weighted by Gasteiger charge is 2.10. The van der Waals surface area contributed by atoms with Crippen molar-refractivity contribution in [3.63, 3.8) is 0 Å². The number of phenolic OH excluding ortho intramolecular Hbond substituents is 1. The number of fused-ring (bicyclic) bond motifs is 1. The molecule has 0 amide bonds. The van der Waals surface area contributed by atoms with E-state index in [1.807, 2.05) is 0 Å². The largest absolute Gasteiger partial charge is 0.507 e. The average molecular weight is 307 g/mol. The van der Waals surface area contributed by atoms with Gasteiger partial charge < -0.3 is 10.1 Å². The van der Waals surface area contributed by atoms with Crippen molar-refractivity contribution < 1.29 is 5.11 Å². The van der Waals surface area contributed by atoms with E-state index >= 15 is 0 Å². The second-order valence-corrected chi connectivity index (χ2v) is 5.11. The number of rotatable bonds is 1. The number of nitrogens with one attached hydrogen (secondary N) is 1. The van der Waals surface area contributed by atoms with Crippen LogP contribution in [-0.4, -0.2) is 15.1 Å². The van der Waals surface area contributed by atoms with Gasteiger partial charge in [0.15, 0.2) is 0 Å². The number of phenols is 1. The van der Waals surface area contributed by atoms with E-state index < -0.39 is 0 Å². The number of hydrogen-bond donors (Lipinski definition) is 2. The van der Waals surface area contributed by atoms with E-state index in [1.165, 1.54) is 6.07 Å². The predicted molar refractivity (Wildman–Crippen MR) is 79.5 cm³/mol. The van der Waals surface area contributed by atoms with E-state index in [2.05, 4.69) is 9.97 Å². The molecule has 100 valence electrons. The lowest BCUT2D eigenvalue weighted by Gasteiger charge is -2.06. The first-order valence-corrected chi connectivity index (χ1v) is 6.48. The monoisotopic (exact) mass is 306 g/mol. The maximum Gasteiger partial charge on any atom is 0.259 e. The van der Waals surface area contributed by atoms with Crippen LogP contribution in [0.2, 0.25) is 10.0 Å². The van der Waals surface area contributed by atoms with Gasteiger partial charge in [0.05, 0.1) is 16.5 Å². The van der Waals surface area contributed by atoms with Crippen molar-refractivity contribution >= 4 is 34.1 Å². The zero-order chi connectivity index (χ0) is 14.3. The third-order valence-electron chi connectivity index (χ3n) is 2.88. The van der Waals surface area contributed by atoms with Crippen LogP contribution in [-0.2, 0) is 0 Å². The molecule has 4 nitrogen and oxygen atoms in total. The summed E-state index contributed by atoms with van der Waals surface area (Å²) >= 11 is 11.7. The highest BCUT2D eigenvalue weighted by Crippen LogP contribution is 2.29. The normalized spacial score (nSPS) is 10.9. The predicted octanol–water partition coefficient (Wildman–Crippen LogP) is 3.60. The molecule has 1 heterocycles. The summed E-state index contributed by atoms with van der Waals surface area (Å²) in [6.45, 7) is 0. The van der Waals surface area contributed by atoms with E-state index in [1.54, 1.807) is 30.3 Å². The number of nitrogens with zero attached hydrogens (tertiary/aromatic N) is 1. The van der Waals surface area contributed by atoms with Gasteiger partial charge in [-0.1, -0.05) is 23.2 Å². The van der Waals surface area contributed by atoms with Gasteiger partial charge in [-0.05, 0) is 36.4 Å². The summed E-state index contributed by atoms with van der Waals surface area (Å²) < 4.78 is 0. The van der Waals surface area contributed by atoms with E-state index in [4.69, 9.17) is 23.2 Å². The molecule has 0 aliphatic rings. The topological polar surface area (TPSA) is 66.0 Å². The first-order chi connectivity index (χ1) is 9.54. The Bertz CT molecular complexity index is 875. The Balaban J connectivity index is 2.29. The molecule has 2 N–H and O–H groups in total. The quantitative estimate of drug-likeness (QED) is 0.722. The lowest BCUT2D eigenvalue weighted by Crippen LogP contribution is -2.09. The van der Waals surface area contributed by atoms with Crippen LogP contribution in [0, 0.1) is 0 Å². The Morgan fingerprint density at radius 2 is 1.75 bits per heavy atom. The molecule has 3 aromatic rings. The first kappa shape index (κ1) is 13.0. The second-order valence-electron chi connectivity index (χ2n) is 4.24. The van der Waals surface area contributed by atoms with Crippen molar-refractivity contribution in [3.05, 3.63) is 56.8 Å². The fraction of sp³-hybridized carbons (Fsp3) is 0. The minimum atomic E-state index is -0.295. The fourth-order valence-electron chi connectivity index (χ4n) is 1.95. The molecule has 0 fully saturated rings. The van der Waals surface area contributed by atoms with Crippen molar-refractivity contribution in [2.24, 2.45) is 0 Å². The van der Waals surface area contributed by atoms with Crippen molar-refractivity contribution in [1.29, 1.82) is 0 Å². The second kappa shape index (κ2) is 4.81. The van der Waals surface area contributed by atoms with Gasteiger partial charge in [0, 0.05) is 10.0 Å². The first-order valence-electron chi connectivity index (χ1n) is 5.73. The zero-order valence-electron chi connectivity index (χ0n) is 10.0. The van der Waals surface area contributed by atoms with E-state index in [-0.39, 0.29) is 17.1 Å². The number of aromatic nitrogens is 2. The minimum absolute atomic E-state index is 0.0537. The number of benzene rings is 2. The molecular weight excluding hydrogens is 299 g/mol. The summed E-state index contributed by atoms with van der Waals surface area (Å²) in [5.74, 6) is 0.209. The van der Waals surface area contributed by atoms with Gasteiger partial charge in [0.1, 0.15) is 11.6 Å². The van der Waals surface area contributed by atoms with Crippen LogP contribution in [0.3, 0.4) is 0 Å². The van der Waals surface area contributed by atoms with Crippen LogP contribution >= 0.6 is 23.2 Å². The van der Waals surface area contributed by atoms with Gasteiger partial charge in [-0.25, -0.2) is 4.98 Å². The maximum atomic E-state index is 12.0. The summed E-state index contributed by atoms with van der Waals surface area (Å²) in [6.07, 6.45) is 0. The Morgan fingerprint density at radius 3 is 2.50 bits per heavy atom. The molecule has 0 radical (unpaired) electrons. The SMILES string of the molecule is O=c1[nH]c(-c2ccc(Cl)cc2O)nc2cc(Cl)ccc12. The third-order valence-corrected chi connectivity index (χ3v) is 3.35. The number of H-pyrrole nitrogens is 1. The molecule has 0 aliphatic carbocycles. The minimum Gasteiger partial charge on any atom is -0.507 e. The molecule has 0 spiro atoms. The summed E-state index contributed by atoms with van der Waals surface area (Å²) in [4.78, 5) is 19.0. The summed E-state index contributed by atoms with van der Waals surface area (Å²) in [7, 11) is 0. The smallest absolute Gasteiger partial charge is 0.259 e. The number of aromatic hydroxyl groups is 1. The third kappa shape index (κ3) is 2.24. The molecule has 1 aromatic heterocycles. The van der Waals surface area contributed by atoms with E-state index in [0.29, 0.717) is 26.5 Å². The van der Waals surface area contributed by atoms with Crippen molar-refractivity contribution in [2.75, 3.05) is 0 Å². The lowest BCUT2D eigenvalue weighted by atomic mass is 10.1. The molecule has 0 bridgehead atoms. The van der Waals surface area contributed by atoms with Crippen LogP contribution in [0.5, 0.6) is 5.75 Å². The van der Waals surface area contributed by atoms with Gasteiger partial charge in [-0.2, -0.15) is 0 Å². The summed E-state index contributed by atoms with van der Waals surface area (Å²) in [5.41, 5.74) is 0.565. The van der Waals surface area contributed by atoms with Crippen molar-refractivity contribution in [1.82, 2.24) is 9.97 Å². The van der Waals surface area contributed by atoms with Crippen LogP contribution < -0.4 is 5.56 Å². The molecule has 2 aromatic carbocycles. The molecule has 0 aliphatic heterocycles. The molecular formula is C14H8Cl2N2O2. The number of halogens is 2. The Kier molecular flexibility index (Phi) is 3.12. The lowest BCUT2D eigenvalue weighted by molar-refractivity contribution is 0.477. The summed E-state index contributed by atoms with van der Waals surface area (Å²) in [6, 6.07) is 9.42. The molecule has 0 saturated carbocycles. The van der Waals surface area contributed by atoms with Crippen molar-refractivity contribution in [3.8, 4) is 17.1 Å². The average Bonchev–Trinajstić information content (AvgIpc) is 2.37. The number of hydrogen-bond acceptors (Lipinski definition) is 3. The molecule has 3 rings (SSSR count). The highest BCUT2D eigenvalue weighted by atomic mass is 35.5. The molecule has 0 saturated heterocycles. The van der Waals surface area contributed by atoms with Gasteiger partial charge in [0.25, 0.3) is 5.56 Å². The maximum absolute atomic E-state index is 12.0. The zero-order valence-corrected chi connectivity index (χ0v) is 11.5.